The number of hydrogen-bond acceptors (Lipinski definition) is 11. The molecule has 0 saturated heterocycles. The Morgan fingerprint density at radius 3 is 2.88 bits per heavy atom. The number of hydrogen-bond donors (Lipinski definition) is 3. The minimum absolute atomic E-state index is 0.00755. The van der Waals surface area contributed by atoms with Crippen LogP contribution < -0.4 is 21.5 Å². The van der Waals surface area contributed by atoms with Crippen LogP contribution in [0, 0.1) is 17.2 Å². The highest BCUT2D eigenvalue weighted by Gasteiger charge is 2.35. The van der Waals surface area contributed by atoms with Gasteiger partial charge in [0.2, 0.25) is 5.88 Å². The van der Waals surface area contributed by atoms with Crippen LogP contribution in [0.15, 0.2) is 5.57 Å². The number of anilines is 1. The van der Waals surface area contributed by atoms with Crippen molar-refractivity contribution in [2.75, 3.05) is 46.3 Å². The zero-order valence-corrected chi connectivity index (χ0v) is 26.8. The number of allylic oxidation sites excluding steroid dienone is 1. The summed E-state index contributed by atoms with van der Waals surface area (Å²) in [6.45, 7) is 7.07. The number of nitrogens with zero attached hydrogens (tertiary/aromatic N) is 3. The number of nitrogens with two attached hydrogens (primary N) is 2. The maximum Gasteiger partial charge on any atom is 0.222 e. The molecule has 5 N–H and O–H groups in total. The monoisotopic (exact) mass is 610 g/mol. The van der Waals surface area contributed by atoms with Crippen LogP contribution in [-0.2, 0) is 27.3 Å². The number of carbonyl (C=O) groups is 1. The van der Waals surface area contributed by atoms with Gasteiger partial charge in [-0.15, -0.1) is 11.3 Å². The van der Waals surface area contributed by atoms with Gasteiger partial charge in [-0.05, 0) is 70.0 Å². The summed E-state index contributed by atoms with van der Waals surface area (Å²) in [5.41, 5.74) is 16.7. The number of nitriles is 1. The molecule has 1 aliphatic heterocycles. The van der Waals surface area contributed by atoms with E-state index < -0.39 is 5.92 Å². The summed E-state index contributed by atoms with van der Waals surface area (Å²) >= 11 is 1.42. The highest BCUT2D eigenvalue weighted by atomic mass is 32.1. The first-order valence-electron chi connectivity index (χ1n) is 15.4. The van der Waals surface area contributed by atoms with Crippen LogP contribution in [0.4, 0.5) is 5.00 Å². The number of ether oxygens (including phenoxy) is 3. The van der Waals surface area contributed by atoms with E-state index in [0.717, 1.165) is 66.8 Å². The molecular formula is C32H46N6O4S. The third kappa shape index (κ3) is 7.55. The van der Waals surface area contributed by atoms with E-state index in [1.807, 2.05) is 14.0 Å². The van der Waals surface area contributed by atoms with Crippen LogP contribution in [-0.4, -0.2) is 56.3 Å². The van der Waals surface area contributed by atoms with Crippen LogP contribution in [0.2, 0.25) is 0 Å². The largest absolute Gasteiger partial charge is 0.477 e. The Morgan fingerprint density at radius 2 is 2.16 bits per heavy atom. The Balaban J connectivity index is 1.75. The van der Waals surface area contributed by atoms with Gasteiger partial charge in [-0.2, -0.15) is 10.2 Å². The lowest BCUT2D eigenvalue weighted by atomic mass is 9.79. The fourth-order valence-corrected chi connectivity index (χ4v) is 7.15. The lowest BCUT2D eigenvalue weighted by Gasteiger charge is -2.27. The molecule has 3 atom stereocenters. The smallest absolute Gasteiger partial charge is 0.222 e. The quantitative estimate of drug-likeness (QED) is 0.189. The van der Waals surface area contributed by atoms with Crippen molar-refractivity contribution in [1.82, 2.24) is 15.3 Å². The van der Waals surface area contributed by atoms with Gasteiger partial charge in [-0.3, -0.25) is 4.79 Å². The van der Waals surface area contributed by atoms with Crippen molar-refractivity contribution in [3.8, 4) is 11.9 Å². The Bertz CT molecular complexity index is 1350. The second kappa shape index (κ2) is 15.6. The molecule has 2 aromatic heterocycles. The van der Waals surface area contributed by atoms with E-state index in [9.17, 15) is 10.1 Å². The maximum absolute atomic E-state index is 14.3. The highest BCUT2D eigenvalue weighted by molar-refractivity contribution is 7.16. The first-order chi connectivity index (χ1) is 20.8. The Morgan fingerprint density at radius 1 is 1.35 bits per heavy atom. The summed E-state index contributed by atoms with van der Waals surface area (Å²) in [6.07, 6.45) is 6.34. The molecule has 1 aliphatic carbocycles. The van der Waals surface area contributed by atoms with Crippen molar-refractivity contribution in [2.24, 2.45) is 11.7 Å². The van der Waals surface area contributed by atoms with Gasteiger partial charge in [0, 0.05) is 36.0 Å². The minimum atomic E-state index is -0.457. The fraction of sp³-hybridized carbons (Fsp3) is 0.625. The summed E-state index contributed by atoms with van der Waals surface area (Å²) in [6, 6.07) is 2.24. The van der Waals surface area contributed by atoms with Gasteiger partial charge < -0.3 is 31.0 Å². The number of thiophene rings is 1. The lowest BCUT2D eigenvalue weighted by Crippen LogP contribution is -2.25. The standard InChI is InChI=1S/C32H46N6O4S/c1-5-8-22(29(39)21-10-6-11-25-26(21)23(15-33)30(35)43-25)27(34)31-37-28-20(12-14-40-4)17-41-18-24(28)32(38-31)42-16-19(2)9-7-13-36-3/h19-21,36H,5-14,16-18,34-35H2,1-4H3/b27-22-/t19-,20-,21-/m0/s1. The molecule has 3 heterocycles. The van der Waals surface area contributed by atoms with Crippen LogP contribution in [0.25, 0.3) is 5.70 Å². The van der Waals surface area contributed by atoms with Gasteiger partial charge in [0.15, 0.2) is 11.6 Å². The molecule has 0 saturated carbocycles. The average Bonchev–Trinajstić information content (AvgIpc) is 3.35. The third-order valence-electron chi connectivity index (χ3n) is 8.34. The molecule has 2 aliphatic rings. The summed E-state index contributed by atoms with van der Waals surface area (Å²) in [7, 11) is 3.63. The number of Topliss-reactive ketones (excluding diaryl/α,β-unsaturated/α-hetero) is 1. The zero-order chi connectivity index (χ0) is 30.9. The molecule has 0 fully saturated rings. The molecule has 0 amide bonds. The van der Waals surface area contributed by atoms with Gasteiger partial charge in [-0.25, -0.2) is 4.98 Å². The van der Waals surface area contributed by atoms with Crippen molar-refractivity contribution >= 4 is 27.8 Å². The van der Waals surface area contributed by atoms with Gasteiger partial charge in [0.1, 0.15) is 11.1 Å². The molecule has 0 bridgehead atoms. The number of nitrogen functional groups attached to an aromatic ring is 1. The van der Waals surface area contributed by atoms with Crippen LogP contribution in [0.1, 0.15) is 104 Å². The average molecular weight is 611 g/mol. The molecule has 234 valence electrons. The lowest BCUT2D eigenvalue weighted by molar-refractivity contribution is -0.117. The summed E-state index contributed by atoms with van der Waals surface area (Å²) < 4.78 is 17.6. The van der Waals surface area contributed by atoms with E-state index in [-0.39, 0.29) is 17.4 Å². The molecule has 2 aromatic rings. The van der Waals surface area contributed by atoms with E-state index >= 15 is 0 Å². The molecular weight excluding hydrogens is 564 g/mol. The first-order valence-corrected chi connectivity index (χ1v) is 16.2. The summed E-state index contributed by atoms with van der Waals surface area (Å²) in [5, 5.41) is 13.5. The van der Waals surface area contributed by atoms with Gasteiger partial charge >= 0.3 is 0 Å². The van der Waals surface area contributed by atoms with Gasteiger partial charge in [0.25, 0.3) is 0 Å². The Labute approximate surface area is 259 Å². The molecule has 0 unspecified atom stereocenters. The fourth-order valence-electron chi connectivity index (χ4n) is 6.03. The Kier molecular flexibility index (Phi) is 11.9. The molecule has 10 nitrogen and oxygen atoms in total. The van der Waals surface area contributed by atoms with Crippen molar-refractivity contribution in [3.05, 3.63) is 38.7 Å². The van der Waals surface area contributed by atoms with E-state index in [1.54, 1.807) is 7.11 Å². The number of aromatic nitrogens is 2. The number of fused-ring (bicyclic) bond motifs is 2. The second-order valence-corrected chi connectivity index (χ2v) is 12.7. The molecule has 0 aromatic carbocycles. The van der Waals surface area contributed by atoms with Crippen molar-refractivity contribution in [2.45, 2.75) is 83.7 Å². The SMILES string of the molecule is CCC/C(C(=O)[C@H]1CCCc2sc(N)c(C#N)c21)=C(/N)c1nc(OC[C@@H](C)CCCNC)c2c(n1)[C@@H](CCOC)COC2. The number of rotatable bonds is 15. The number of ketones is 1. The molecule has 0 spiro atoms. The van der Waals surface area contributed by atoms with Crippen molar-refractivity contribution in [1.29, 1.82) is 5.26 Å². The predicted octanol–water partition coefficient (Wildman–Crippen LogP) is 4.82. The minimum Gasteiger partial charge on any atom is -0.477 e. The topological polar surface area (TPSA) is 158 Å². The van der Waals surface area contributed by atoms with E-state index in [4.69, 9.17) is 35.6 Å². The Hall–Kier alpha value is -3.04. The molecule has 0 radical (unpaired) electrons. The second-order valence-electron chi connectivity index (χ2n) is 11.6. The van der Waals surface area contributed by atoms with Crippen LogP contribution in [0.3, 0.4) is 0 Å². The summed E-state index contributed by atoms with van der Waals surface area (Å²) in [4.78, 5) is 25.1. The highest BCUT2D eigenvalue weighted by Crippen LogP contribution is 2.44. The number of methoxy groups -OCH3 is 1. The zero-order valence-electron chi connectivity index (χ0n) is 26.0. The first kappa shape index (κ1) is 32.9. The van der Waals surface area contributed by atoms with E-state index in [0.29, 0.717) is 73.0 Å². The number of aryl methyl sites for hydroxylation is 1. The summed E-state index contributed by atoms with van der Waals surface area (Å²) in [5.74, 6) is 0.559. The van der Waals surface area contributed by atoms with Crippen molar-refractivity contribution < 1.29 is 19.0 Å². The normalized spacial score (nSPS) is 19.1. The van der Waals surface area contributed by atoms with Gasteiger partial charge in [0.05, 0.1) is 42.3 Å². The third-order valence-corrected chi connectivity index (χ3v) is 9.43. The number of nitrogens with one attached hydrogen (secondary N) is 1. The van der Waals surface area contributed by atoms with Crippen LogP contribution >= 0.6 is 11.3 Å². The maximum atomic E-state index is 14.3. The molecule has 43 heavy (non-hydrogen) atoms. The van der Waals surface area contributed by atoms with E-state index in [1.165, 1.54) is 11.3 Å². The molecule has 11 heteroatoms. The number of carbonyl (C=O) groups excluding carboxylic acids is 1. The predicted molar refractivity (Wildman–Crippen MR) is 169 cm³/mol. The van der Waals surface area contributed by atoms with Crippen LogP contribution in [0.5, 0.6) is 5.88 Å². The van der Waals surface area contributed by atoms with Crippen molar-refractivity contribution in [3.63, 3.8) is 0 Å². The molecule has 4 rings (SSSR count). The van der Waals surface area contributed by atoms with E-state index in [2.05, 4.69) is 18.3 Å². The van der Waals surface area contributed by atoms with Gasteiger partial charge in [-0.1, -0.05) is 20.3 Å².